The van der Waals surface area contributed by atoms with Crippen LogP contribution in [0.3, 0.4) is 0 Å². The van der Waals surface area contributed by atoms with Crippen LogP contribution in [0.15, 0.2) is 18.2 Å². The van der Waals surface area contributed by atoms with Crippen molar-refractivity contribution in [3.63, 3.8) is 0 Å². The van der Waals surface area contributed by atoms with Crippen LogP contribution in [0.1, 0.15) is 12.0 Å². The number of hydrogen-bond donors (Lipinski definition) is 4. The number of nitrogens with two attached hydrogens (primary N) is 1. The Kier molecular flexibility index (Phi) is 5.13. The Labute approximate surface area is 105 Å². The lowest BCUT2D eigenvalue weighted by Gasteiger charge is -2.09. The van der Waals surface area contributed by atoms with Gasteiger partial charge in [0.15, 0.2) is 0 Å². The summed E-state index contributed by atoms with van der Waals surface area (Å²) in [6.45, 7) is 2.08. The van der Waals surface area contributed by atoms with Crippen molar-refractivity contribution >= 4 is 23.2 Å². The molecule has 0 spiro atoms. The van der Waals surface area contributed by atoms with E-state index in [1.807, 2.05) is 13.0 Å². The minimum absolute atomic E-state index is 0.0350. The summed E-state index contributed by atoms with van der Waals surface area (Å²) in [4.78, 5) is 22.9. The number of hydrogen-bond acceptors (Lipinski definition) is 4. The molecular weight excluding hydrogens is 234 g/mol. The maximum Gasteiger partial charge on any atom is 0.313 e. The van der Waals surface area contributed by atoms with Crippen molar-refractivity contribution in [1.29, 1.82) is 0 Å². The summed E-state index contributed by atoms with van der Waals surface area (Å²) in [7, 11) is 0. The van der Waals surface area contributed by atoms with E-state index in [2.05, 4.69) is 10.6 Å². The van der Waals surface area contributed by atoms with Crippen molar-refractivity contribution in [3.05, 3.63) is 23.8 Å². The maximum absolute atomic E-state index is 11.5. The molecule has 0 bridgehead atoms. The third-order valence-corrected chi connectivity index (χ3v) is 2.28. The maximum atomic E-state index is 11.5. The van der Waals surface area contributed by atoms with Crippen molar-refractivity contribution in [2.24, 2.45) is 0 Å². The molecule has 0 saturated carbocycles. The van der Waals surface area contributed by atoms with Crippen LogP contribution in [0.2, 0.25) is 0 Å². The molecule has 0 aliphatic heterocycles. The van der Waals surface area contributed by atoms with Gasteiger partial charge in [0.1, 0.15) is 0 Å². The molecule has 1 rings (SSSR count). The largest absolute Gasteiger partial charge is 0.397 e. The van der Waals surface area contributed by atoms with Crippen LogP contribution < -0.4 is 16.4 Å². The van der Waals surface area contributed by atoms with E-state index in [9.17, 15) is 9.59 Å². The number of carbonyl (C=O) groups is 2. The molecule has 0 atom stereocenters. The van der Waals surface area contributed by atoms with E-state index in [0.717, 1.165) is 5.56 Å². The molecule has 18 heavy (non-hydrogen) atoms. The Balaban J connectivity index is 2.58. The van der Waals surface area contributed by atoms with Crippen molar-refractivity contribution in [2.45, 2.75) is 13.3 Å². The second-order valence-corrected chi connectivity index (χ2v) is 3.88. The topological polar surface area (TPSA) is 104 Å². The molecule has 1 aromatic carbocycles. The number of carbonyl (C=O) groups excluding carboxylic acids is 2. The summed E-state index contributed by atoms with van der Waals surface area (Å²) >= 11 is 0. The fraction of sp³-hybridized carbons (Fsp3) is 0.333. The Morgan fingerprint density at radius 3 is 2.72 bits per heavy atom. The van der Waals surface area contributed by atoms with Gasteiger partial charge in [0.2, 0.25) is 0 Å². The second kappa shape index (κ2) is 6.61. The predicted octanol–water partition coefficient (Wildman–Crippen LogP) is 0.0143. The van der Waals surface area contributed by atoms with Crippen LogP contribution in [0.4, 0.5) is 11.4 Å². The van der Waals surface area contributed by atoms with Gasteiger partial charge in [0.05, 0.1) is 11.4 Å². The van der Waals surface area contributed by atoms with Crippen molar-refractivity contribution in [1.82, 2.24) is 5.32 Å². The summed E-state index contributed by atoms with van der Waals surface area (Å²) in [5.74, 6) is -1.52. The monoisotopic (exact) mass is 251 g/mol. The molecule has 0 saturated heterocycles. The molecule has 6 heteroatoms. The van der Waals surface area contributed by atoms with E-state index in [1.165, 1.54) is 0 Å². The average Bonchev–Trinajstić information content (AvgIpc) is 2.34. The zero-order valence-corrected chi connectivity index (χ0v) is 10.2. The quantitative estimate of drug-likeness (QED) is 0.344. The van der Waals surface area contributed by atoms with Gasteiger partial charge in [-0.25, -0.2) is 0 Å². The first-order chi connectivity index (χ1) is 8.54. The second-order valence-electron chi connectivity index (χ2n) is 3.88. The van der Waals surface area contributed by atoms with Crippen LogP contribution in [-0.4, -0.2) is 30.1 Å². The number of benzene rings is 1. The lowest BCUT2D eigenvalue weighted by atomic mass is 10.2. The van der Waals surface area contributed by atoms with E-state index < -0.39 is 11.8 Å². The van der Waals surface area contributed by atoms with Crippen LogP contribution >= 0.6 is 0 Å². The fourth-order valence-electron chi connectivity index (χ4n) is 1.32. The molecular formula is C12H17N3O3. The van der Waals surface area contributed by atoms with Gasteiger partial charge in [-0.2, -0.15) is 0 Å². The molecule has 0 heterocycles. The van der Waals surface area contributed by atoms with Crippen LogP contribution in [0, 0.1) is 6.92 Å². The van der Waals surface area contributed by atoms with E-state index in [0.29, 0.717) is 17.8 Å². The molecule has 98 valence electrons. The normalized spacial score (nSPS) is 9.89. The number of nitrogens with one attached hydrogen (secondary N) is 2. The smallest absolute Gasteiger partial charge is 0.313 e. The van der Waals surface area contributed by atoms with E-state index in [1.54, 1.807) is 12.1 Å². The average molecular weight is 251 g/mol. The number of amides is 2. The minimum Gasteiger partial charge on any atom is -0.397 e. The summed E-state index contributed by atoms with van der Waals surface area (Å²) in [6.07, 6.45) is 0.408. The first kappa shape index (κ1) is 14.0. The first-order valence-corrected chi connectivity index (χ1v) is 5.60. The highest BCUT2D eigenvalue weighted by Gasteiger charge is 2.14. The predicted molar refractivity (Wildman–Crippen MR) is 68.9 cm³/mol. The minimum atomic E-state index is -0.773. The fourth-order valence-corrected chi connectivity index (χ4v) is 1.32. The summed E-state index contributed by atoms with van der Waals surface area (Å²) in [5, 5.41) is 13.4. The number of nitrogen functional groups attached to an aromatic ring is 1. The summed E-state index contributed by atoms with van der Waals surface area (Å²) < 4.78 is 0. The van der Waals surface area contributed by atoms with Crippen LogP contribution in [-0.2, 0) is 9.59 Å². The standard InChI is InChI=1S/C12H17N3O3/c1-8-3-4-9(13)10(7-8)15-12(18)11(17)14-5-2-6-16/h3-4,7,16H,2,5-6,13H2,1H3,(H,14,17)(H,15,18). The van der Waals surface area contributed by atoms with Crippen molar-refractivity contribution in [2.75, 3.05) is 24.2 Å². The molecule has 5 N–H and O–H groups in total. The lowest BCUT2D eigenvalue weighted by molar-refractivity contribution is -0.136. The highest BCUT2D eigenvalue weighted by atomic mass is 16.3. The highest BCUT2D eigenvalue weighted by Crippen LogP contribution is 2.19. The third-order valence-electron chi connectivity index (χ3n) is 2.28. The van der Waals surface area contributed by atoms with E-state index >= 15 is 0 Å². The molecule has 0 fully saturated rings. The molecule has 0 aliphatic carbocycles. The van der Waals surface area contributed by atoms with Gasteiger partial charge in [-0.15, -0.1) is 0 Å². The van der Waals surface area contributed by atoms with E-state index in [-0.39, 0.29) is 13.2 Å². The SMILES string of the molecule is Cc1ccc(N)c(NC(=O)C(=O)NCCCO)c1. The zero-order chi connectivity index (χ0) is 13.5. The van der Waals surface area contributed by atoms with Gasteiger partial charge in [0.25, 0.3) is 0 Å². The Bertz CT molecular complexity index is 446. The molecule has 2 amide bonds. The Hall–Kier alpha value is -2.08. The number of aliphatic hydroxyl groups excluding tert-OH is 1. The third kappa shape index (κ3) is 4.06. The number of rotatable bonds is 4. The zero-order valence-electron chi connectivity index (χ0n) is 10.2. The number of anilines is 2. The molecule has 0 unspecified atom stereocenters. The molecule has 0 aromatic heterocycles. The highest BCUT2D eigenvalue weighted by molar-refractivity contribution is 6.39. The van der Waals surface area contributed by atoms with Gasteiger partial charge in [-0.05, 0) is 31.0 Å². The van der Waals surface area contributed by atoms with Gasteiger partial charge >= 0.3 is 11.8 Å². The van der Waals surface area contributed by atoms with Gasteiger partial charge < -0.3 is 21.5 Å². The lowest BCUT2D eigenvalue weighted by Crippen LogP contribution is -2.36. The molecule has 1 aromatic rings. The van der Waals surface area contributed by atoms with Crippen LogP contribution in [0.25, 0.3) is 0 Å². The van der Waals surface area contributed by atoms with Crippen molar-refractivity contribution in [3.8, 4) is 0 Å². The molecule has 0 radical (unpaired) electrons. The number of aryl methyl sites for hydroxylation is 1. The molecule has 6 nitrogen and oxygen atoms in total. The van der Waals surface area contributed by atoms with E-state index in [4.69, 9.17) is 10.8 Å². The Morgan fingerprint density at radius 1 is 1.33 bits per heavy atom. The van der Waals surface area contributed by atoms with Gasteiger partial charge in [-0.1, -0.05) is 6.07 Å². The summed E-state index contributed by atoms with van der Waals surface area (Å²) in [6, 6.07) is 5.16. The summed E-state index contributed by atoms with van der Waals surface area (Å²) in [5.41, 5.74) is 7.43. The number of aliphatic hydroxyl groups is 1. The molecule has 0 aliphatic rings. The van der Waals surface area contributed by atoms with Crippen molar-refractivity contribution < 1.29 is 14.7 Å². The van der Waals surface area contributed by atoms with Gasteiger partial charge in [-0.3, -0.25) is 9.59 Å². The first-order valence-electron chi connectivity index (χ1n) is 5.60. The Morgan fingerprint density at radius 2 is 2.06 bits per heavy atom. The van der Waals surface area contributed by atoms with Crippen LogP contribution in [0.5, 0.6) is 0 Å². The van der Waals surface area contributed by atoms with Gasteiger partial charge in [0, 0.05) is 13.2 Å².